The molecule has 1 N–H and O–H groups in total. The Morgan fingerprint density at radius 1 is 1.41 bits per heavy atom. The number of rotatable bonds is 3. The minimum absolute atomic E-state index is 0.0430. The largest absolute Gasteiger partial charge is 0.374 e. The summed E-state index contributed by atoms with van der Waals surface area (Å²) in [5, 5.41) is 12.7. The molecule has 90 valence electrons. The van der Waals surface area contributed by atoms with Crippen LogP contribution in [0.25, 0.3) is 0 Å². The van der Waals surface area contributed by atoms with Crippen molar-refractivity contribution >= 4 is 11.6 Å². The summed E-state index contributed by atoms with van der Waals surface area (Å²) in [6.07, 6.45) is 1.43. The first kappa shape index (κ1) is 12.4. The number of ether oxygens (including phenoxy) is 1. The van der Waals surface area contributed by atoms with E-state index in [9.17, 15) is 0 Å². The summed E-state index contributed by atoms with van der Waals surface area (Å²) in [4.78, 5) is 0. The maximum Gasteiger partial charge on any atom is 0.0829 e. The Bertz CT molecular complexity index is 391. The lowest BCUT2D eigenvalue weighted by atomic mass is 10.0. The van der Waals surface area contributed by atoms with Crippen molar-refractivity contribution in [2.24, 2.45) is 0 Å². The highest BCUT2D eigenvalue weighted by molar-refractivity contribution is 6.30. The molecule has 0 aromatic heterocycles. The highest BCUT2D eigenvalue weighted by atomic mass is 35.5. The van der Waals surface area contributed by atoms with Crippen LogP contribution in [0.15, 0.2) is 24.3 Å². The van der Waals surface area contributed by atoms with Crippen molar-refractivity contribution in [2.45, 2.75) is 25.0 Å². The van der Waals surface area contributed by atoms with Crippen LogP contribution in [0.5, 0.6) is 0 Å². The Labute approximate surface area is 106 Å². The summed E-state index contributed by atoms with van der Waals surface area (Å²) in [5.41, 5.74) is 1.24. The molecular formula is C13H15ClN2O. The Morgan fingerprint density at radius 3 is 2.76 bits per heavy atom. The SMILES string of the molecule is N#CC[C@H]1CN[C@@H](Cc2ccc(Cl)cc2)CO1. The van der Waals surface area contributed by atoms with Crippen LogP contribution in [0, 0.1) is 11.3 Å². The molecule has 0 bridgehead atoms. The topological polar surface area (TPSA) is 45.0 Å². The van der Waals surface area contributed by atoms with E-state index in [1.54, 1.807) is 0 Å². The second-order valence-corrected chi connectivity index (χ2v) is 4.69. The molecule has 17 heavy (non-hydrogen) atoms. The molecule has 1 fully saturated rings. The van der Waals surface area contributed by atoms with Crippen LogP contribution in [-0.4, -0.2) is 25.3 Å². The number of nitrogens with zero attached hydrogens (tertiary/aromatic N) is 1. The van der Waals surface area contributed by atoms with Crippen LogP contribution in [0.1, 0.15) is 12.0 Å². The lowest BCUT2D eigenvalue weighted by molar-refractivity contribution is 0.00740. The molecule has 0 radical (unpaired) electrons. The van der Waals surface area contributed by atoms with E-state index in [-0.39, 0.29) is 6.10 Å². The average Bonchev–Trinajstić information content (AvgIpc) is 2.35. The quantitative estimate of drug-likeness (QED) is 0.894. The summed E-state index contributed by atoms with van der Waals surface area (Å²) >= 11 is 5.84. The van der Waals surface area contributed by atoms with Crippen molar-refractivity contribution in [2.75, 3.05) is 13.2 Å². The molecule has 1 aromatic rings. The third-order valence-corrected chi connectivity index (χ3v) is 3.13. The van der Waals surface area contributed by atoms with E-state index in [1.807, 2.05) is 24.3 Å². The number of halogens is 1. The summed E-state index contributed by atoms with van der Waals surface area (Å²) in [5.74, 6) is 0. The van der Waals surface area contributed by atoms with Gasteiger partial charge in [-0.15, -0.1) is 0 Å². The van der Waals surface area contributed by atoms with Gasteiger partial charge in [0.2, 0.25) is 0 Å². The highest BCUT2D eigenvalue weighted by Gasteiger charge is 2.20. The molecule has 3 nitrogen and oxygen atoms in total. The van der Waals surface area contributed by atoms with Crippen LogP contribution < -0.4 is 5.32 Å². The first-order chi connectivity index (χ1) is 8.28. The monoisotopic (exact) mass is 250 g/mol. The second-order valence-electron chi connectivity index (χ2n) is 4.25. The molecule has 2 rings (SSSR count). The number of nitrogens with one attached hydrogen (secondary N) is 1. The first-order valence-corrected chi connectivity index (χ1v) is 6.12. The molecule has 1 heterocycles. The predicted molar refractivity (Wildman–Crippen MR) is 66.9 cm³/mol. The maximum atomic E-state index is 8.58. The molecule has 2 atom stereocenters. The molecule has 1 aliphatic heterocycles. The van der Waals surface area contributed by atoms with Gasteiger partial charge in [0.25, 0.3) is 0 Å². The fraction of sp³-hybridized carbons (Fsp3) is 0.462. The predicted octanol–water partition coefficient (Wildman–Crippen LogP) is 2.15. The van der Waals surface area contributed by atoms with Gasteiger partial charge in [-0.05, 0) is 24.1 Å². The van der Waals surface area contributed by atoms with E-state index in [2.05, 4.69) is 11.4 Å². The molecule has 1 aromatic carbocycles. The lowest BCUT2D eigenvalue weighted by Crippen LogP contribution is -2.47. The summed E-state index contributed by atoms with van der Waals surface area (Å²) in [7, 11) is 0. The number of hydrogen-bond acceptors (Lipinski definition) is 3. The highest BCUT2D eigenvalue weighted by Crippen LogP contribution is 2.13. The molecule has 0 saturated carbocycles. The molecule has 1 aliphatic rings. The molecule has 0 aliphatic carbocycles. The third-order valence-electron chi connectivity index (χ3n) is 2.88. The van der Waals surface area contributed by atoms with Gasteiger partial charge in [-0.1, -0.05) is 23.7 Å². The van der Waals surface area contributed by atoms with Gasteiger partial charge < -0.3 is 10.1 Å². The van der Waals surface area contributed by atoms with Crippen molar-refractivity contribution in [3.8, 4) is 6.07 Å². The van der Waals surface area contributed by atoms with Crippen molar-refractivity contribution < 1.29 is 4.74 Å². The zero-order valence-corrected chi connectivity index (χ0v) is 10.3. The standard InChI is InChI=1S/C13H15ClN2O/c14-11-3-1-10(2-4-11)7-12-9-17-13(5-6-15)8-16-12/h1-4,12-13,16H,5,7-9H2/t12-,13-/m0/s1. The molecule has 4 heteroatoms. The van der Waals surface area contributed by atoms with Crippen molar-refractivity contribution in [1.82, 2.24) is 5.32 Å². The van der Waals surface area contributed by atoms with Gasteiger partial charge in [-0.3, -0.25) is 0 Å². The second kappa shape index (κ2) is 6.02. The lowest BCUT2D eigenvalue weighted by Gasteiger charge is -2.29. The smallest absolute Gasteiger partial charge is 0.0829 e. The van der Waals surface area contributed by atoms with Gasteiger partial charge in [0.1, 0.15) is 0 Å². The molecule has 0 spiro atoms. The number of morpholine rings is 1. The maximum absolute atomic E-state index is 8.58. The van der Waals surface area contributed by atoms with E-state index in [4.69, 9.17) is 21.6 Å². The van der Waals surface area contributed by atoms with Gasteiger partial charge >= 0.3 is 0 Å². The Balaban J connectivity index is 1.82. The van der Waals surface area contributed by atoms with Crippen LogP contribution in [0.3, 0.4) is 0 Å². The van der Waals surface area contributed by atoms with E-state index >= 15 is 0 Å². The fourth-order valence-corrected chi connectivity index (χ4v) is 2.06. The molecular weight excluding hydrogens is 236 g/mol. The Hall–Kier alpha value is -1.08. The van der Waals surface area contributed by atoms with Crippen LogP contribution in [-0.2, 0) is 11.2 Å². The van der Waals surface area contributed by atoms with Gasteiger partial charge in [0, 0.05) is 17.6 Å². The zero-order valence-electron chi connectivity index (χ0n) is 9.53. The third kappa shape index (κ3) is 3.71. The van der Waals surface area contributed by atoms with E-state index in [0.29, 0.717) is 19.1 Å². The van der Waals surface area contributed by atoms with Crippen LogP contribution in [0.2, 0.25) is 5.02 Å². The minimum Gasteiger partial charge on any atom is -0.374 e. The summed E-state index contributed by atoms with van der Waals surface area (Å²) in [6, 6.07) is 10.3. The average molecular weight is 251 g/mol. The van der Waals surface area contributed by atoms with Crippen LogP contribution in [0.4, 0.5) is 0 Å². The number of nitriles is 1. The Kier molecular flexibility index (Phi) is 4.38. The van der Waals surface area contributed by atoms with Crippen LogP contribution >= 0.6 is 11.6 Å². The number of benzene rings is 1. The summed E-state index contributed by atoms with van der Waals surface area (Å²) < 4.78 is 5.62. The first-order valence-electron chi connectivity index (χ1n) is 5.74. The van der Waals surface area contributed by atoms with Gasteiger partial charge in [-0.25, -0.2) is 0 Å². The van der Waals surface area contributed by atoms with Crippen molar-refractivity contribution in [3.63, 3.8) is 0 Å². The van der Waals surface area contributed by atoms with Gasteiger partial charge in [-0.2, -0.15) is 5.26 Å². The normalized spacial score (nSPS) is 24.2. The minimum atomic E-state index is 0.0430. The molecule has 0 amide bonds. The molecule has 0 unspecified atom stereocenters. The fourth-order valence-electron chi connectivity index (χ4n) is 1.94. The van der Waals surface area contributed by atoms with Gasteiger partial charge in [0.05, 0.1) is 25.2 Å². The Morgan fingerprint density at radius 2 is 2.18 bits per heavy atom. The van der Waals surface area contributed by atoms with Gasteiger partial charge in [0.15, 0.2) is 0 Å². The van der Waals surface area contributed by atoms with E-state index < -0.39 is 0 Å². The number of hydrogen-bond donors (Lipinski definition) is 1. The van der Waals surface area contributed by atoms with Crippen molar-refractivity contribution in [3.05, 3.63) is 34.9 Å². The molecule has 1 saturated heterocycles. The zero-order chi connectivity index (χ0) is 12.1. The van der Waals surface area contributed by atoms with Crippen molar-refractivity contribution in [1.29, 1.82) is 5.26 Å². The summed E-state index contributed by atoms with van der Waals surface area (Å²) in [6.45, 7) is 1.42. The van der Waals surface area contributed by atoms with E-state index in [0.717, 1.165) is 18.0 Å². The van der Waals surface area contributed by atoms with E-state index in [1.165, 1.54) is 5.56 Å².